The van der Waals surface area contributed by atoms with E-state index in [0.29, 0.717) is 6.42 Å². The standard InChI is InChI=1S/C3H8O4S.CH4N2S.Na/c1-2-3-7-8(4,5)6;2-1(3)4;/h2-3H2,1H3,(H,4,5,6);(H4,2,3,4);/q;;+1/p-1. The molecule has 0 radical (unpaired) electrons. The number of hydrogen-bond acceptors (Lipinski definition) is 5. The minimum Gasteiger partial charge on any atom is -0.726 e. The summed E-state index contributed by atoms with van der Waals surface area (Å²) in [5.74, 6) is 0. The van der Waals surface area contributed by atoms with Crippen LogP contribution in [-0.2, 0) is 14.6 Å². The molecule has 0 bridgehead atoms. The molecular formula is C4H11N2NaO4S2. The van der Waals surface area contributed by atoms with Crippen molar-refractivity contribution < 1.29 is 46.7 Å². The molecule has 0 aromatic heterocycles. The van der Waals surface area contributed by atoms with Gasteiger partial charge in [0.25, 0.3) is 0 Å². The van der Waals surface area contributed by atoms with Gasteiger partial charge in [0.1, 0.15) is 5.17 Å². The fourth-order valence-corrected chi connectivity index (χ4v) is 0.556. The van der Waals surface area contributed by atoms with Crippen LogP contribution < -0.4 is 35.3 Å². The second-order valence-corrected chi connectivity index (χ2v) is 3.15. The summed E-state index contributed by atoms with van der Waals surface area (Å²) < 4.78 is 32.6. The first-order valence-electron chi connectivity index (χ1n) is 2.92. The van der Waals surface area contributed by atoms with E-state index in [9.17, 15) is 13.0 Å². The zero-order valence-electron chi connectivity index (χ0n) is 7.48. The molecule has 0 aliphatic rings. The molecule has 13 heavy (non-hydrogen) atoms. The molecule has 0 heterocycles. The van der Waals surface area contributed by atoms with Gasteiger partial charge in [0.15, 0.2) is 0 Å². The molecule has 6 nitrogen and oxygen atoms in total. The Balaban J connectivity index is -0.000000173. The van der Waals surface area contributed by atoms with Crippen LogP contribution in [0.3, 0.4) is 0 Å². The van der Waals surface area contributed by atoms with Gasteiger partial charge < -0.3 is 10.3 Å². The van der Waals surface area contributed by atoms with Gasteiger partial charge in [-0.3, -0.25) is 9.59 Å². The fraction of sp³-hybridized carbons (Fsp3) is 0.750. The molecule has 0 saturated heterocycles. The Kier molecular flexibility index (Phi) is 16.0. The monoisotopic (exact) mass is 238 g/mol. The minimum atomic E-state index is -4.44. The first-order chi connectivity index (χ1) is 5.29. The third-order valence-electron chi connectivity index (χ3n) is 0.432. The van der Waals surface area contributed by atoms with E-state index in [2.05, 4.69) is 22.5 Å². The number of amidine groups is 1. The van der Waals surface area contributed by atoms with Crippen LogP contribution in [-0.4, -0.2) is 24.7 Å². The predicted molar refractivity (Wildman–Crippen MR) is 46.8 cm³/mol. The molecule has 0 unspecified atom stereocenters. The molecule has 0 saturated carbocycles. The van der Waals surface area contributed by atoms with Crippen molar-refractivity contribution in [2.45, 2.75) is 13.3 Å². The Labute approximate surface area is 105 Å². The average molecular weight is 238 g/mol. The third kappa shape index (κ3) is 44.8. The van der Waals surface area contributed by atoms with E-state index in [1.165, 1.54) is 0 Å². The maximum atomic E-state index is 9.61. The summed E-state index contributed by atoms with van der Waals surface area (Å²) in [6, 6.07) is 0. The molecule has 0 atom stereocenters. The Bertz CT molecular complexity index is 214. The van der Waals surface area contributed by atoms with Crippen molar-refractivity contribution in [2.75, 3.05) is 6.61 Å². The minimum absolute atomic E-state index is 0. The zero-order valence-corrected chi connectivity index (χ0v) is 11.2. The smallest absolute Gasteiger partial charge is 0.726 e. The molecule has 0 aromatic carbocycles. The van der Waals surface area contributed by atoms with Crippen molar-refractivity contribution in [3.63, 3.8) is 0 Å². The number of hydrogen-bond donors (Lipinski definition) is 3. The summed E-state index contributed by atoms with van der Waals surface area (Å²) in [6.45, 7) is 1.69. The van der Waals surface area contributed by atoms with Gasteiger partial charge in [-0.15, -0.1) is 12.6 Å². The molecule has 0 amide bonds. The molecule has 0 rings (SSSR count). The van der Waals surface area contributed by atoms with Crippen LogP contribution in [0.4, 0.5) is 0 Å². The van der Waals surface area contributed by atoms with Crippen LogP contribution in [0.15, 0.2) is 0 Å². The van der Waals surface area contributed by atoms with Gasteiger partial charge >= 0.3 is 29.6 Å². The molecule has 0 fully saturated rings. The van der Waals surface area contributed by atoms with Crippen molar-refractivity contribution in [1.82, 2.24) is 0 Å². The largest absolute Gasteiger partial charge is 1.00 e. The fourth-order valence-electron chi connectivity index (χ4n) is 0.185. The van der Waals surface area contributed by atoms with Gasteiger partial charge in [-0.05, 0) is 6.42 Å². The van der Waals surface area contributed by atoms with Crippen molar-refractivity contribution in [2.24, 2.45) is 5.73 Å². The summed E-state index contributed by atoms with van der Waals surface area (Å²) in [5, 5.41) is 6.00. The summed E-state index contributed by atoms with van der Waals surface area (Å²) in [6.07, 6.45) is 0.529. The van der Waals surface area contributed by atoms with Gasteiger partial charge in [-0.2, -0.15) is 0 Å². The van der Waals surface area contributed by atoms with E-state index >= 15 is 0 Å². The predicted octanol–water partition coefficient (Wildman–Crippen LogP) is -3.31. The van der Waals surface area contributed by atoms with Gasteiger partial charge in [0.05, 0.1) is 6.61 Å². The van der Waals surface area contributed by atoms with Crippen molar-refractivity contribution in [3.05, 3.63) is 0 Å². The normalized spacial score (nSPS) is 9.15. The quantitative estimate of drug-likeness (QED) is 0.119. The maximum Gasteiger partial charge on any atom is 1.00 e. The van der Waals surface area contributed by atoms with E-state index in [1.807, 2.05) is 0 Å². The van der Waals surface area contributed by atoms with Gasteiger partial charge in [-0.25, -0.2) is 8.42 Å². The molecular weight excluding hydrogens is 227 g/mol. The van der Waals surface area contributed by atoms with Crippen LogP contribution in [0.25, 0.3) is 0 Å². The molecule has 0 aromatic rings. The van der Waals surface area contributed by atoms with Gasteiger partial charge in [0.2, 0.25) is 10.4 Å². The number of nitrogens with two attached hydrogens (primary N) is 1. The van der Waals surface area contributed by atoms with Crippen LogP contribution >= 0.6 is 12.6 Å². The SMILES string of the molecule is CCCOS(=O)(=O)[O-].N=C(N)S.[Na+]. The number of nitrogens with one attached hydrogen (secondary N) is 1. The van der Waals surface area contributed by atoms with E-state index in [4.69, 9.17) is 5.41 Å². The van der Waals surface area contributed by atoms with E-state index in [-0.39, 0.29) is 41.3 Å². The summed E-state index contributed by atoms with van der Waals surface area (Å²) in [4.78, 5) is 0. The molecule has 3 N–H and O–H groups in total. The maximum absolute atomic E-state index is 9.61. The average Bonchev–Trinajstić information content (AvgIpc) is 1.80. The molecule has 0 aliphatic carbocycles. The Morgan fingerprint density at radius 3 is 2.08 bits per heavy atom. The first kappa shape index (κ1) is 19.3. The van der Waals surface area contributed by atoms with E-state index in [1.54, 1.807) is 6.92 Å². The Hall–Kier alpha value is 0.690. The summed E-state index contributed by atoms with van der Waals surface area (Å²) in [5.41, 5.74) is 4.56. The second kappa shape index (κ2) is 10.8. The van der Waals surface area contributed by atoms with Crippen LogP contribution in [0, 0.1) is 5.41 Å². The number of thiol groups is 1. The van der Waals surface area contributed by atoms with Crippen molar-refractivity contribution in [3.8, 4) is 0 Å². The van der Waals surface area contributed by atoms with Crippen molar-refractivity contribution >= 4 is 28.2 Å². The second-order valence-electron chi connectivity index (χ2n) is 1.62. The molecule has 0 aliphatic heterocycles. The Morgan fingerprint density at radius 1 is 1.69 bits per heavy atom. The number of rotatable bonds is 3. The molecule has 9 heteroatoms. The van der Waals surface area contributed by atoms with Gasteiger partial charge in [-0.1, -0.05) is 6.92 Å². The topological polar surface area (TPSA) is 116 Å². The van der Waals surface area contributed by atoms with E-state index < -0.39 is 10.4 Å². The summed E-state index contributed by atoms with van der Waals surface area (Å²) in [7, 11) is -4.44. The van der Waals surface area contributed by atoms with E-state index in [0.717, 1.165) is 0 Å². The van der Waals surface area contributed by atoms with Crippen LogP contribution in [0.5, 0.6) is 0 Å². The molecule has 74 valence electrons. The Morgan fingerprint density at radius 2 is 2.00 bits per heavy atom. The van der Waals surface area contributed by atoms with Crippen molar-refractivity contribution in [1.29, 1.82) is 5.41 Å². The van der Waals surface area contributed by atoms with Gasteiger partial charge in [0, 0.05) is 0 Å². The molecule has 0 spiro atoms. The zero-order chi connectivity index (χ0) is 10.2. The van der Waals surface area contributed by atoms with Crippen LogP contribution in [0.1, 0.15) is 13.3 Å². The van der Waals surface area contributed by atoms with Crippen LogP contribution in [0.2, 0.25) is 0 Å². The first-order valence-corrected chi connectivity index (χ1v) is 4.71. The third-order valence-corrected chi connectivity index (χ3v) is 0.887. The summed E-state index contributed by atoms with van der Waals surface area (Å²) >= 11 is 3.33.